The van der Waals surface area contributed by atoms with E-state index in [-0.39, 0.29) is 33.2 Å². The van der Waals surface area contributed by atoms with Gasteiger partial charge in [0.05, 0.1) is 44.1 Å². The van der Waals surface area contributed by atoms with Crippen LogP contribution in [0.3, 0.4) is 0 Å². The summed E-state index contributed by atoms with van der Waals surface area (Å²) in [5.41, 5.74) is -2.66. The van der Waals surface area contributed by atoms with Crippen molar-refractivity contribution in [2.45, 2.75) is 6.18 Å². The molecule has 2 aromatic heterocycles. The fraction of sp³-hybridized carbons (Fsp3) is 0.0556. The lowest BCUT2D eigenvalue weighted by atomic mass is 10.1. The summed E-state index contributed by atoms with van der Waals surface area (Å²) in [6.07, 6.45) is -4.62. The predicted octanol–water partition coefficient (Wildman–Crippen LogP) is 3.87. The normalized spacial score (nSPS) is 11.7. The lowest BCUT2D eigenvalue weighted by Crippen LogP contribution is -2.13. The van der Waals surface area contributed by atoms with Crippen LogP contribution in [0.15, 0.2) is 41.2 Å². The molecule has 0 saturated heterocycles. The summed E-state index contributed by atoms with van der Waals surface area (Å²) in [5, 5.41) is 20.7. The summed E-state index contributed by atoms with van der Waals surface area (Å²) >= 11 is 0. The number of rotatable bonds is 2. The first-order valence-electron chi connectivity index (χ1n) is 8.01. The van der Waals surface area contributed by atoms with Crippen molar-refractivity contribution >= 4 is 27.6 Å². The molecule has 0 unspecified atom stereocenters. The van der Waals surface area contributed by atoms with Gasteiger partial charge in [-0.2, -0.15) is 18.4 Å². The Hall–Kier alpha value is -4.20. The van der Waals surface area contributed by atoms with Crippen LogP contribution in [-0.4, -0.2) is 19.9 Å². The molecule has 2 heterocycles. The summed E-state index contributed by atoms with van der Waals surface area (Å²) < 4.78 is 38.9. The Kier molecular flexibility index (Phi) is 3.86. The van der Waals surface area contributed by atoms with E-state index in [0.717, 1.165) is 18.2 Å². The third kappa shape index (κ3) is 2.96. The molecule has 0 aliphatic heterocycles. The van der Waals surface area contributed by atoms with Gasteiger partial charge in [-0.25, -0.2) is 4.98 Å². The zero-order valence-electron chi connectivity index (χ0n) is 14.2. The van der Waals surface area contributed by atoms with Crippen molar-refractivity contribution in [3.63, 3.8) is 0 Å². The topological polar surface area (TPSA) is 128 Å². The molecule has 8 nitrogen and oxygen atoms in total. The predicted molar refractivity (Wildman–Crippen MR) is 96.0 cm³/mol. The number of aromatic amines is 2. The summed E-state index contributed by atoms with van der Waals surface area (Å²) in [6, 6.07) is 8.62. The van der Waals surface area contributed by atoms with E-state index in [9.17, 15) is 28.1 Å². The Bertz CT molecular complexity index is 1410. The number of aromatic nitrogens is 3. The lowest BCUT2D eigenvalue weighted by molar-refractivity contribution is -0.382. The number of nitriles is 1. The number of alkyl halides is 3. The number of nitrogens with zero attached hydrogens (tertiary/aromatic N) is 3. The van der Waals surface area contributed by atoms with Gasteiger partial charge in [-0.15, -0.1) is 0 Å². The maximum Gasteiger partial charge on any atom is 0.416 e. The number of fused-ring (bicyclic) bond motifs is 2. The van der Waals surface area contributed by atoms with Crippen molar-refractivity contribution < 1.29 is 18.1 Å². The molecule has 0 radical (unpaired) electrons. The Morgan fingerprint density at radius 3 is 2.48 bits per heavy atom. The van der Waals surface area contributed by atoms with E-state index in [1.807, 2.05) is 6.07 Å². The third-order valence-corrected chi connectivity index (χ3v) is 4.34. The van der Waals surface area contributed by atoms with E-state index in [1.54, 1.807) is 0 Å². The van der Waals surface area contributed by atoms with Crippen molar-refractivity contribution in [1.82, 2.24) is 15.0 Å². The second-order valence-electron chi connectivity index (χ2n) is 6.12. The molecule has 144 valence electrons. The average molecular weight is 399 g/mol. The van der Waals surface area contributed by atoms with Gasteiger partial charge in [0.25, 0.3) is 5.56 Å². The number of nitrogens with one attached hydrogen (secondary N) is 2. The van der Waals surface area contributed by atoms with E-state index in [2.05, 4.69) is 15.0 Å². The van der Waals surface area contributed by atoms with Crippen molar-refractivity contribution in [2.24, 2.45) is 0 Å². The van der Waals surface area contributed by atoms with Crippen molar-refractivity contribution in [3.05, 3.63) is 68.0 Å². The first-order valence-corrected chi connectivity index (χ1v) is 8.01. The van der Waals surface area contributed by atoms with Crippen LogP contribution in [0.25, 0.3) is 33.3 Å². The van der Waals surface area contributed by atoms with Gasteiger partial charge in [0.2, 0.25) is 0 Å². The summed E-state index contributed by atoms with van der Waals surface area (Å²) in [6.45, 7) is 0. The van der Waals surface area contributed by atoms with E-state index < -0.39 is 33.6 Å². The van der Waals surface area contributed by atoms with Crippen LogP contribution in [-0.2, 0) is 6.18 Å². The van der Waals surface area contributed by atoms with E-state index >= 15 is 0 Å². The van der Waals surface area contributed by atoms with Crippen LogP contribution in [0, 0.1) is 21.4 Å². The zero-order valence-corrected chi connectivity index (χ0v) is 14.2. The minimum Gasteiger partial charge on any atom is -0.347 e. The van der Waals surface area contributed by atoms with Gasteiger partial charge in [0, 0.05) is 0 Å². The average Bonchev–Trinajstić information content (AvgIpc) is 3.04. The molecule has 0 spiro atoms. The second kappa shape index (κ2) is 6.16. The van der Waals surface area contributed by atoms with Gasteiger partial charge >= 0.3 is 11.9 Å². The number of benzene rings is 2. The molecular weight excluding hydrogens is 391 g/mol. The highest BCUT2D eigenvalue weighted by atomic mass is 19.4. The van der Waals surface area contributed by atoms with Crippen LogP contribution < -0.4 is 5.56 Å². The Morgan fingerprint density at radius 2 is 1.83 bits per heavy atom. The number of H-pyrrole nitrogens is 2. The monoisotopic (exact) mass is 399 g/mol. The molecule has 0 saturated carbocycles. The smallest absolute Gasteiger partial charge is 0.347 e. The molecule has 4 rings (SSSR count). The van der Waals surface area contributed by atoms with E-state index in [4.69, 9.17) is 5.26 Å². The van der Waals surface area contributed by atoms with Crippen molar-refractivity contribution in [1.29, 1.82) is 5.26 Å². The fourth-order valence-corrected chi connectivity index (χ4v) is 3.04. The first-order chi connectivity index (χ1) is 13.7. The van der Waals surface area contributed by atoms with Gasteiger partial charge in [0.15, 0.2) is 5.69 Å². The molecule has 2 N–H and O–H groups in total. The van der Waals surface area contributed by atoms with Gasteiger partial charge < -0.3 is 9.97 Å². The molecule has 4 aromatic rings. The van der Waals surface area contributed by atoms with Crippen molar-refractivity contribution in [3.8, 4) is 17.5 Å². The Labute approximate surface area is 158 Å². The SMILES string of the molecule is N#Cc1ccc2[nH]c(-c3nc4cc(C(F)(F)F)ccc4[nH]c3=O)c([N+](=O)[O-])c2c1. The summed E-state index contributed by atoms with van der Waals surface area (Å²) in [7, 11) is 0. The molecule has 2 aromatic carbocycles. The van der Waals surface area contributed by atoms with Gasteiger partial charge in [-0.3, -0.25) is 14.9 Å². The molecule has 11 heteroatoms. The summed E-state index contributed by atoms with van der Waals surface area (Å²) in [5.74, 6) is 0. The van der Waals surface area contributed by atoms with Crippen LogP contribution >= 0.6 is 0 Å². The molecule has 0 amide bonds. The molecule has 29 heavy (non-hydrogen) atoms. The molecule has 0 fully saturated rings. The lowest BCUT2D eigenvalue weighted by Gasteiger charge is -2.07. The van der Waals surface area contributed by atoms with E-state index in [1.165, 1.54) is 18.2 Å². The number of halogens is 3. The van der Waals surface area contributed by atoms with Crippen molar-refractivity contribution in [2.75, 3.05) is 0 Å². The first kappa shape index (κ1) is 18.2. The highest BCUT2D eigenvalue weighted by Gasteiger charge is 2.31. The number of hydrogen-bond acceptors (Lipinski definition) is 5. The maximum atomic E-state index is 13.0. The molecule has 0 atom stereocenters. The highest BCUT2D eigenvalue weighted by Crippen LogP contribution is 2.36. The van der Waals surface area contributed by atoms with Crippen LogP contribution in [0.5, 0.6) is 0 Å². The van der Waals surface area contributed by atoms with Crippen LogP contribution in [0.1, 0.15) is 11.1 Å². The summed E-state index contributed by atoms with van der Waals surface area (Å²) in [4.78, 5) is 32.4. The molecule has 0 bridgehead atoms. The van der Waals surface area contributed by atoms with Crippen LogP contribution in [0.4, 0.5) is 18.9 Å². The fourth-order valence-electron chi connectivity index (χ4n) is 3.04. The largest absolute Gasteiger partial charge is 0.416 e. The molecule has 0 aliphatic rings. The standard InChI is InChI=1S/C18H8F3N5O3/c19-18(20,21)9-2-4-12-13(6-9)24-15(17(27)25-12)14-16(26(28)29)10-5-8(7-22)1-3-11(10)23-14/h1-6,23H,(H,25,27). The minimum atomic E-state index is -4.62. The Balaban J connectivity index is 2.03. The number of nitro groups is 1. The molecule has 0 aliphatic carbocycles. The zero-order chi connectivity index (χ0) is 20.9. The Morgan fingerprint density at radius 1 is 1.10 bits per heavy atom. The van der Waals surface area contributed by atoms with E-state index in [0.29, 0.717) is 0 Å². The highest BCUT2D eigenvalue weighted by molar-refractivity contribution is 5.98. The minimum absolute atomic E-state index is 0.0530. The third-order valence-electron chi connectivity index (χ3n) is 4.34. The van der Waals surface area contributed by atoms with Gasteiger partial charge in [-0.1, -0.05) is 0 Å². The maximum absolute atomic E-state index is 13.0. The second-order valence-corrected chi connectivity index (χ2v) is 6.12. The van der Waals surface area contributed by atoms with Gasteiger partial charge in [-0.05, 0) is 36.4 Å². The molecular formula is C18H8F3N5O3. The quantitative estimate of drug-likeness (QED) is 0.391. The van der Waals surface area contributed by atoms with Crippen LogP contribution in [0.2, 0.25) is 0 Å². The number of hydrogen-bond donors (Lipinski definition) is 2. The van der Waals surface area contributed by atoms with Gasteiger partial charge in [0.1, 0.15) is 5.69 Å².